The molecule has 0 fully saturated rings. The maximum Gasteiger partial charge on any atom is 0.341 e. The van der Waals surface area contributed by atoms with Gasteiger partial charge in [0.2, 0.25) is 0 Å². The molecule has 2 rings (SSSR count). The number of aromatic carboxylic acids is 1. The minimum absolute atomic E-state index is 0.0494. The monoisotopic (exact) mass is 259 g/mol. The summed E-state index contributed by atoms with van der Waals surface area (Å²) < 4.78 is 5.47. The average molecular weight is 259 g/mol. The lowest BCUT2D eigenvalue weighted by atomic mass is 10.2. The molecular formula is C13H13N3O3. The molecule has 6 heteroatoms. The standard InChI is InChI=1S/C13H13N3O3/c1-8-11(13(17)18)12(14)16-10(15-8)7-19-9-5-3-2-4-6-9/h2-6H,7H2,1H3,(H,17,18)(H2,14,15,16). The number of nitrogen functional groups attached to an aromatic ring is 1. The highest BCUT2D eigenvalue weighted by molar-refractivity contribution is 5.93. The Hall–Kier alpha value is -2.63. The van der Waals surface area contributed by atoms with Gasteiger partial charge in [-0.15, -0.1) is 0 Å². The second-order valence-corrected chi connectivity index (χ2v) is 3.89. The van der Waals surface area contributed by atoms with Gasteiger partial charge in [0.1, 0.15) is 23.7 Å². The molecule has 3 N–H and O–H groups in total. The summed E-state index contributed by atoms with van der Waals surface area (Å²) in [7, 11) is 0. The van der Waals surface area contributed by atoms with Gasteiger partial charge in [-0.25, -0.2) is 14.8 Å². The topological polar surface area (TPSA) is 98.3 Å². The van der Waals surface area contributed by atoms with E-state index in [4.69, 9.17) is 15.6 Å². The van der Waals surface area contributed by atoms with Crippen molar-refractivity contribution in [3.8, 4) is 5.75 Å². The molecule has 0 saturated heterocycles. The number of para-hydroxylation sites is 1. The summed E-state index contributed by atoms with van der Waals surface area (Å²) >= 11 is 0. The van der Waals surface area contributed by atoms with Crippen molar-refractivity contribution in [3.63, 3.8) is 0 Å². The maximum atomic E-state index is 10.9. The molecule has 0 atom stereocenters. The Morgan fingerprint density at radius 3 is 2.58 bits per heavy atom. The predicted octanol–water partition coefficient (Wildman–Crippen LogP) is 1.64. The van der Waals surface area contributed by atoms with Crippen LogP contribution in [0.2, 0.25) is 0 Å². The van der Waals surface area contributed by atoms with Gasteiger partial charge in [0, 0.05) is 0 Å². The van der Waals surface area contributed by atoms with E-state index in [9.17, 15) is 4.79 Å². The van der Waals surface area contributed by atoms with Crippen LogP contribution < -0.4 is 10.5 Å². The third kappa shape index (κ3) is 2.98. The molecule has 19 heavy (non-hydrogen) atoms. The summed E-state index contributed by atoms with van der Waals surface area (Å²) in [5, 5.41) is 8.95. The van der Waals surface area contributed by atoms with Crippen LogP contribution in [-0.2, 0) is 6.61 Å². The van der Waals surface area contributed by atoms with Crippen molar-refractivity contribution in [2.45, 2.75) is 13.5 Å². The number of carbonyl (C=O) groups is 1. The molecule has 2 aromatic rings. The van der Waals surface area contributed by atoms with Crippen LogP contribution in [0.5, 0.6) is 5.75 Å². The van der Waals surface area contributed by atoms with Crippen LogP contribution in [0.4, 0.5) is 5.82 Å². The number of rotatable bonds is 4. The fraction of sp³-hybridized carbons (Fsp3) is 0.154. The van der Waals surface area contributed by atoms with Crippen LogP contribution in [0.15, 0.2) is 30.3 Å². The van der Waals surface area contributed by atoms with Crippen molar-refractivity contribution in [2.75, 3.05) is 5.73 Å². The quantitative estimate of drug-likeness (QED) is 0.866. The average Bonchev–Trinajstić information content (AvgIpc) is 2.36. The van der Waals surface area contributed by atoms with E-state index in [2.05, 4.69) is 9.97 Å². The highest BCUT2D eigenvalue weighted by Crippen LogP contribution is 2.15. The van der Waals surface area contributed by atoms with E-state index in [1.165, 1.54) is 0 Å². The van der Waals surface area contributed by atoms with Crippen molar-refractivity contribution in [2.24, 2.45) is 0 Å². The van der Waals surface area contributed by atoms with Gasteiger partial charge >= 0.3 is 5.97 Å². The fourth-order valence-electron chi connectivity index (χ4n) is 1.65. The van der Waals surface area contributed by atoms with Crippen LogP contribution in [0.3, 0.4) is 0 Å². The van der Waals surface area contributed by atoms with Crippen molar-refractivity contribution in [1.29, 1.82) is 0 Å². The Balaban J connectivity index is 2.16. The normalized spacial score (nSPS) is 10.2. The van der Waals surface area contributed by atoms with Gasteiger partial charge in [0.05, 0.1) is 5.69 Å². The fourth-order valence-corrected chi connectivity index (χ4v) is 1.65. The van der Waals surface area contributed by atoms with Crippen LogP contribution in [0, 0.1) is 6.92 Å². The first-order valence-electron chi connectivity index (χ1n) is 5.62. The highest BCUT2D eigenvalue weighted by Gasteiger charge is 2.15. The molecule has 6 nitrogen and oxygen atoms in total. The maximum absolute atomic E-state index is 10.9. The van der Waals surface area contributed by atoms with Gasteiger partial charge in [-0.2, -0.15) is 0 Å². The summed E-state index contributed by atoms with van der Waals surface area (Å²) in [4.78, 5) is 18.9. The van der Waals surface area contributed by atoms with Crippen molar-refractivity contribution >= 4 is 11.8 Å². The number of nitrogens with two attached hydrogens (primary N) is 1. The minimum Gasteiger partial charge on any atom is -0.486 e. The van der Waals surface area contributed by atoms with E-state index in [1.54, 1.807) is 6.92 Å². The number of aromatic nitrogens is 2. The number of hydrogen-bond acceptors (Lipinski definition) is 5. The number of benzene rings is 1. The Labute approximate surface area is 109 Å². The molecule has 0 bridgehead atoms. The van der Waals surface area contributed by atoms with Crippen LogP contribution in [0.1, 0.15) is 21.9 Å². The Morgan fingerprint density at radius 1 is 1.32 bits per heavy atom. The van der Waals surface area contributed by atoms with Crippen LogP contribution in [0.25, 0.3) is 0 Å². The van der Waals surface area contributed by atoms with E-state index >= 15 is 0 Å². The lowest BCUT2D eigenvalue weighted by molar-refractivity contribution is 0.0696. The summed E-state index contributed by atoms with van der Waals surface area (Å²) in [6.45, 7) is 1.71. The first-order valence-corrected chi connectivity index (χ1v) is 5.62. The number of anilines is 1. The Morgan fingerprint density at radius 2 is 2.00 bits per heavy atom. The van der Waals surface area contributed by atoms with Crippen molar-refractivity contribution in [3.05, 3.63) is 47.4 Å². The molecule has 0 aliphatic heterocycles. The second-order valence-electron chi connectivity index (χ2n) is 3.89. The first-order chi connectivity index (χ1) is 9.08. The zero-order valence-corrected chi connectivity index (χ0v) is 10.3. The molecule has 1 heterocycles. The van der Waals surface area contributed by atoms with Gasteiger partial charge < -0.3 is 15.6 Å². The van der Waals surface area contributed by atoms with E-state index in [-0.39, 0.29) is 18.0 Å². The molecule has 0 saturated carbocycles. The van der Waals surface area contributed by atoms with E-state index in [0.29, 0.717) is 17.3 Å². The minimum atomic E-state index is -1.13. The van der Waals surface area contributed by atoms with Crippen molar-refractivity contribution < 1.29 is 14.6 Å². The van der Waals surface area contributed by atoms with E-state index in [0.717, 1.165) is 0 Å². The zero-order chi connectivity index (χ0) is 13.8. The number of hydrogen-bond donors (Lipinski definition) is 2. The van der Waals surface area contributed by atoms with Crippen molar-refractivity contribution in [1.82, 2.24) is 9.97 Å². The van der Waals surface area contributed by atoms with E-state index in [1.807, 2.05) is 30.3 Å². The van der Waals surface area contributed by atoms with Crippen LogP contribution >= 0.6 is 0 Å². The third-order valence-electron chi connectivity index (χ3n) is 2.49. The Kier molecular flexibility index (Phi) is 3.61. The van der Waals surface area contributed by atoms with Gasteiger partial charge in [-0.1, -0.05) is 18.2 Å². The molecule has 0 aliphatic rings. The van der Waals surface area contributed by atoms with Crippen LogP contribution in [-0.4, -0.2) is 21.0 Å². The first kappa shape index (κ1) is 12.8. The second kappa shape index (κ2) is 5.34. The van der Waals surface area contributed by atoms with Gasteiger partial charge in [0.25, 0.3) is 0 Å². The van der Waals surface area contributed by atoms with Gasteiger partial charge in [-0.05, 0) is 19.1 Å². The molecular weight excluding hydrogens is 246 g/mol. The summed E-state index contributed by atoms with van der Waals surface area (Å²) in [5.41, 5.74) is 5.86. The third-order valence-corrected chi connectivity index (χ3v) is 2.49. The Bertz CT molecular complexity index is 576. The molecule has 0 radical (unpaired) electrons. The molecule has 1 aromatic heterocycles. The molecule has 0 unspecified atom stereocenters. The number of aryl methyl sites for hydroxylation is 1. The molecule has 0 spiro atoms. The number of carboxylic acids is 1. The number of carboxylic acid groups (broad SMARTS) is 1. The smallest absolute Gasteiger partial charge is 0.341 e. The molecule has 0 amide bonds. The summed E-state index contributed by atoms with van der Waals surface area (Å²) in [5.74, 6) is -0.148. The zero-order valence-electron chi connectivity index (χ0n) is 10.3. The largest absolute Gasteiger partial charge is 0.486 e. The molecule has 0 aliphatic carbocycles. The number of ether oxygens (including phenoxy) is 1. The number of nitrogens with zero attached hydrogens (tertiary/aromatic N) is 2. The summed E-state index contributed by atoms with van der Waals surface area (Å²) in [6.07, 6.45) is 0. The van der Waals surface area contributed by atoms with E-state index < -0.39 is 5.97 Å². The predicted molar refractivity (Wildman–Crippen MR) is 68.9 cm³/mol. The lowest BCUT2D eigenvalue weighted by Crippen LogP contribution is -2.13. The lowest BCUT2D eigenvalue weighted by Gasteiger charge is -2.08. The SMILES string of the molecule is Cc1nc(COc2ccccc2)nc(N)c1C(=O)O. The molecule has 98 valence electrons. The highest BCUT2D eigenvalue weighted by atomic mass is 16.5. The van der Waals surface area contributed by atoms with Gasteiger partial charge in [0.15, 0.2) is 5.82 Å². The van der Waals surface area contributed by atoms with Gasteiger partial charge in [-0.3, -0.25) is 0 Å². The summed E-state index contributed by atoms with van der Waals surface area (Å²) in [6, 6.07) is 9.20. The molecule has 1 aromatic carbocycles.